The summed E-state index contributed by atoms with van der Waals surface area (Å²) < 4.78 is 5.79. The van der Waals surface area contributed by atoms with E-state index in [4.69, 9.17) is 27.9 Å². The Morgan fingerprint density at radius 3 is 2.50 bits per heavy atom. The van der Waals surface area contributed by atoms with Crippen molar-refractivity contribution in [2.75, 3.05) is 5.32 Å². The number of rotatable bonds is 5. The third-order valence-electron chi connectivity index (χ3n) is 3.82. The normalized spacial score (nSPS) is 10.8. The lowest BCUT2D eigenvalue weighted by Gasteiger charge is -2.10. The van der Waals surface area contributed by atoms with Crippen LogP contribution in [0.4, 0.5) is 11.5 Å². The number of nitrogens with one attached hydrogen (secondary N) is 2. The fraction of sp³-hybridized carbons (Fsp3) is 0.0526. The second-order valence-corrected chi connectivity index (χ2v) is 6.37. The Hall–Kier alpha value is -2.76. The molecule has 0 atom stereocenters. The van der Waals surface area contributed by atoms with E-state index >= 15 is 0 Å². The SMILES string of the molecule is Clc1nc(Nc2ccc(OCc3ccccc3)cc2)c2c(Cl)c[nH]c2n1. The van der Waals surface area contributed by atoms with Crippen LogP contribution >= 0.6 is 23.2 Å². The monoisotopic (exact) mass is 384 g/mol. The lowest BCUT2D eigenvalue weighted by atomic mass is 10.2. The van der Waals surface area contributed by atoms with Crippen molar-refractivity contribution in [2.45, 2.75) is 6.61 Å². The van der Waals surface area contributed by atoms with Gasteiger partial charge in [0.2, 0.25) is 5.28 Å². The van der Waals surface area contributed by atoms with Gasteiger partial charge < -0.3 is 15.0 Å². The number of fused-ring (bicyclic) bond motifs is 1. The summed E-state index contributed by atoms with van der Waals surface area (Å²) in [7, 11) is 0. The predicted octanol–water partition coefficient (Wildman–Crippen LogP) is 5.59. The van der Waals surface area contributed by atoms with Crippen molar-refractivity contribution in [3.63, 3.8) is 0 Å². The average Bonchev–Trinajstić information content (AvgIpc) is 3.03. The van der Waals surface area contributed by atoms with E-state index in [-0.39, 0.29) is 5.28 Å². The van der Waals surface area contributed by atoms with Crippen LogP contribution in [0.2, 0.25) is 10.3 Å². The number of aromatic nitrogens is 3. The van der Waals surface area contributed by atoms with Crippen LogP contribution in [-0.2, 0) is 6.61 Å². The van der Waals surface area contributed by atoms with Gasteiger partial charge in [-0.3, -0.25) is 0 Å². The molecule has 0 bridgehead atoms. The van der Waals surface area contributed by atoms with Gasteiger partial charge in [0.25, 0.3) is 0 Å². The molecule has 4 rings (SSSR count). The Balaban J connectivity index is 1.50. The van der Waals surface area contributed by atoms with Gasteiger partial charge in [0.1, 0.15) is 23.8 Å². The van der Waals surface area contributed by atoms with Crippen LogP contribution in [0.3, 0.4) is 0 Å². The molecule has 2 aromatic carbocycles. The molecule has 0 aliphatic heterocycles. The zero-order valence-electron chi connectivity index (χ0n) is 13.5. The van der Waals surface area contributed by atoms with Gasteiger partial charge >= 0.3 is 0 Å². The molecule has 7 heteroatoms. The Kier molecular flexibility index (Phi) is 4.65. The molecule has 2 aromatic heterocycles. The maximum absolute atomic E-state index is 6.21. The summed E-state index contributed by atoms with van der Waals surface area (Å²) in [6.07, 6.45) is 1.66. The fourth-order valence-electron chi connectivity index (χ4n) is 2.57. The highest BCUT2D eigenvalue weighted by molar-refractivity contribution is 6.36. The standard InChI is InChI=1S/C19H14Cl2N4O/c20-15-10-22-17-16(15)18(25-19(21)24-17)23-13-6-8-14(9-7-13)26-11-12-4-2-1-3-5-12/h1-10H,11H2,(H2,22,23,24,25). The number of aromatic amines is 1. The molecule has 0 aliphatic rings. The highest BCUT2D eigenvalue weighted by atomic mass is 35.5. The summed E-state index contributed by atoms with van der Waals surface area (Å²) in [6, 6.07) is 17.6. The third kappa shape index (κ3) is 3.59. The number of H-pyrrole nitrogens is 1. The number of anilines is 2. The maximum Gasteiger partial charge on any atom is 0.226 e. The van der Waals surface area contributed by atoms with E-state index in [1.807, 2.05) is 54.6 Å². The molecule has 0 aliphatic carbocycles. The molecule has 2 N–H and O–H groups in total. The molecule has 0 fully saturated rings. The molecule has 0 amide bonds. The molecule has 2 heterocycles. The van der Waals surface area contributed by atoms with E-state index < -0.39 is 0 Å². The minimum atomic E-state index is 0.140. The summed E-state index contributed by atoms with van der Waals surface area (Å²) in [5, 5.41) is 4.58. The van der Waals surface area contributed by atoms with E-state index in [9.17, 15) is 0 Å². The smallest absolute Gasteiger partial charge is 0.226 e. The van der Waals surface area contributed by atoms with Gasteiger partial charge in [-0.15, -0.1) is 0 Å². The van der Waals surface area contributed by atoms with E-state index in [0.717, 1.165) is 17.0 Å². The zero-order valence-corrected chi connectivity index (χ0v) is 15.1. The molecule has 0 saturated carbocycles. The van der Waals surface area contributed by atoms with Crippen LogP contribution in [-0.4, -0.2) is 15.0 Å². The van der Waals surface area contributed by atoms with Crippen molar-refractivity contribution in [2.24, 2.45) is 0 Å². The van der Waals surface area contributed by atoms with E-state index in [1.165, 1.54) is 0 Å². The molecule has 0 saturated heterocycles. The maximum atomic E-state index is 6.21. The summed E-state index contributed by atoms with van der Waals surface area (Å²) in [6.45, 7) is 0.523. The molecule has 4 aromatic rings. The first-order valence-corrected chi connectivity index (χ1v) is 8.68. The molecule has 0 radical (unpaired) electrons. The summed E-state index contributed by atoms with van der Waals surface area (Å²) >= 11 is 12.2. The zero-order chi connectivity index (χ0) is 17.9. The van der Waals surface area contributed by atoms with Crippen molar-refractivity contribution in [3.05, 3.63) is 76.7 Å². The number of hydrogen-bond acceptors (Lipinski definition) is 4. The fourth-order valence-corrected chi connectivity index (χ4v) is 2.97. The number of ether oxygens (including phenoxy) is 1. The van der Waals surface area contributed by atoms with Crippen LogP contribution in [0.25, 0.3) is 11.0 Å². The first-order chi connectivity index (χ1) is 12.7. The van der Waals surface area contributed by atoms with Gasteiger partial charge in [-0.1, -0.05) is 41.9 Å². The van der Waals surface area contributed by atoms with Crippen LogP contribution in [0.5, 0.6) is 5.75 Å². The lowest BCUT2D eigenvalue weighted by Crippen LogP contribution is -1.98. The van der Waals surface area contributed by atoms with Gasteiger partial charge in [0, 0.05) is 11.9 Å². The lowest BCUT2D eigenvalue weighted by molar-refractivity contribution is 0.306. The highest BCUT2D eigenvalue weighted by Gasteiger charge is 2.12. The molecule has 26 heavy (non-hydrogen) atoms. The second kappa shape index (κ2) is 7.23. The van der Waals surface area contributed by atoms with E-state index in [0.29, 0.717) is 28.5 Å². The molecule has 0 unspecified atom stereocenters. The quantitative estimate of drug-likeness (QED) is 0.440. The first kappa shape index (κ1) is 16.7. The van der Waals surface area contributed by atoms with Crippen LogP contribution in [0.1, 0.15) is 5.56 Å². The van der Waals surface area contributed by atoms with Gasteiger partial charge in [0.05, 0.1) is 10.4 Å². The molecule has 0 spiro atoms. The minimum Gasteiger partial charge on any atom is -0.489 e. The second-order valence-electron chi connectivity index (χ2n) is 5.63. The van der Waals surface area contributed by atoms with Gasteiger partial charge in [0.15, 0.2) is 0 Å². The number of halogens is 2. The highest BCUT2D eigenvalue weighted by Crippen LogP contribution is 2.31. The summed E-state index contributed by atoms with van der Waals surface area (Å²) in [4.78, 5) is 11.3. The van der Waals surface area contributed by atoms with Crippen molar-refractivity contribution in [3.8, 4) is 5.75 Å². The Morgan fingerprint density at radius 2 is 1.73 bits per heavy atom. The first-order valence-electron chi connectivity index (χ1n) is 7.93. The van der Waals surface area contributed by atoms with Crippen LogP contribution in [0, 0.1) is 0 Å². The molecular weight excluding hydrogens is 371 g/mol. The van der Waals surface area contributed by atoms with Crippen molar-refractivity contribution >= 4 is 45.7 Å². The van der Waals surface area contributed by atoms with Crippen molar-refractivity contribution in [1.82, 2.24) is 15.0 Å². The predicted molar refractivity (Wildman–Crippen MR) is 104 cm³/mol. The van der Waals surface area contributed by atoms with Crippen LogP contribution < -0.4 is 10.1 Å². The number of nitrogens with zero attached hydrogens (tertiary/aromatic N) is 2. The topological polar surface area (TPSA) is 62.8 Å². The molecular formula is C19H14Cl2N4O. The van der Waals surface area contributed by atoms with Crippen molar-refractivity contribution < 1.29 is 4.74 Å². The Bertz CT molecular complexity index is 1030. The summed E-state index contributed by atoms with van der Waals surface area (Å²) in [5.41, 5.74) is 2.54. The van der Waals surface area contributed by atoms with Gasteiger partial charge in [-0.2, -0.15) is 9.97 Å². The Labute approximate surface area is 160 Å². The van der Waals surface area contributed by atoms with Crippen molar-refractivity contribution in [1.29, 1.82) is 0 Å². The third-order valence-corrected chi connectivity index (χ3v) is 4.29. The number of benzene rings is 2. The molecule has 5 nitrogen and oxygen atoms in total. The minimum absolute atomic E-state index is 0.140. The van der Waals surface area contributed by atoms with Crippen LogP contribution in [0.15, 0.2) is 60.8 Å². The average molecular weight is 385 g/mol. The largest absolute Gasteiger partial charge is 0.489 e. The molecule has 130 valence electrons. The Morgan fingerprint density at radius 1 is 0.962 bits per heavy atom. The number of hydrogen-bond donors (Lipinski definition) is 2. The van der Waals surface area contributed by atoms with Gasteiger partial charge in [-0.05, 0) is 41.4 Å². The van der Waals surface area contributed by atoms with Gasteiger partial charge in [-0.25, -0.2) is 0 Å². The van der Waals surface area contributed by atoms with E-state index in [1.54, 1.807) is 6.20 Å². The summed E-state index contributed by atoms with van der Waals surface area (Å²) in [5.74, 6) is 1.33. The van der Waals surface area contributed by atoms with E-state index in [2.05, 4.69) is 20.3 Å².